The number of nitrogens with zero attached hydrogens (tertiary/aromatic N) is 1. The van der Waals surface area contributed by atoms with Gasteiger partial charge in [-0.25, -0.2) is 0 Å². The van der Waals surface area contributed by atoms with E-state index in [-0.39, 0.29) is 11.8 Å². The number of hydrogen-bond donors (Lipinski definition) is 0. The van der Waals surface area contributed by atoms with E-state index in [2.05, 4.69) is 18.7 Å². The highest BCUT2D eigenvalue weighted by molar-refractivity contribution is 7.99. The van der Waals surface area contributed by atoms with Gasteiger partial charge in [-0.1, -0.05) is 32.0 Å². The van der Waals surface area contributed by atoms with Gasteiger partial charge in [0.25, 0.3) is 0 Å². The molecule has 4 nitrogen and oxygen atoms in total. The third-order valence-corrected chi connectivity index (χ3v) is 6.50. The normalized spacial score (nSPS) is 23.5. The van der Waals surface area contributed by atoms with Crippen LogP contribution in [0.4, 0.5) is 0 Å². The van der Waals surface area contributed by atoms with E-state index in [1.165, 1.54) is 0 Å². The lowest BCUT2D eigenvalue weighted by atomic mass is 9.99. The van der Waals surface area contributed by atoms with Crippen LogP contribution in [0, 0.1) is 0 Å². The molecule has 120 valence electrons. The summed E-state index contributed by atoms with van der Waals surface area (Å²) in [7, 11) is -3.54. The lowest BCUT2D eigenvalue weighted by Gasteiger charge is -2.35. The smallest absolute Gasteiger partial charge is 0.311 e. The Morgan fingerprint density at radius 1 is 1.27 bits per heavy atom. The summed E-state index contributed by atoms with van der Waals surface area (Å²) in [6, 6.07) is 7.84. The summed E-state index contributed by atoms with van der Waals surface area (Å²) in [6.07, 6.45) is 0.866. The number of likely N-dealkylation sites (N-methyl/N-ethyl adjacent to an activating group) is 1. The van der Waals surface area contributed by atoms with Crippen molar-refractivity contribution in [1.29, 1.82) is 0 Å². The lowest BCUT2D eigenvalue weighted by molar-refractivity contribution is 0.246. The standard InChI is InChI=1S/C16H21NO3S2/c1-3-17(4-2)14-11-22(18,19)20-16-12(14)9-10-21-15-8-6-5-7-13(15)16/h5-8,14H,3-4,9-11H2,1-2H3. The molecule has 1 aromatic rings. The van der Waals surface area contributed by atoms with Crippen molar-refractivity contribution in [2.24, 2.45) is 0 Å². The van der Waals surface area contributed by atoms with Gasteiger partial charge in [-0.05, 0) is 31.1 Å². The monoisotopic (exact) mass is 339 g/mol. The topological polar surface area (TPSA) is 46.6 Å². The van der Waals surface area contributed by atoms with Crippen LogP contribution in [0.25, 0.3) is 5.76 Å². The Hall–Kier alpha value is -0.980. The predicted octanol–water partition coefficient (Wildman–Crippen LogP) is 2.96. The van der Waals surface area contributed by atoms with Crippen LogP contribution >= 0.6 is 11.8 Å². The molecule has 6 heteroatoms. The van der Waals surface area contributed by atoms with E-state index in [1.807, 2.05) is 24.3 Å². The molecule has 3 rings (SSSR count). The Kier molecular flexibility index (Phi) is 4.52. The third-order valence-electron chi connectivity index (χ3n) is 4.28. The quantitative estimate of drug-likeness (QED) is 0.792. The van der Waals surface area contributed by atoms with Crippen LogP contribution in [0.15, 0.2) is 34.7 Å². The minimum Gasteiger partial charge on any atom is -0.382 e. The summed E-state index contributed by atoms with van der Waals surface area (Å²) < 4.78 is 30.0. The largest absolute Gasteiger partial charge is 0.382 e. The molecule has 0 saturated heterocycles. The number of fused-ring (bicyclic) bond motifs is 2. The van der Waals surface area contributed by atoms with Crippen LogP contribution in [-0.4, -0.2) is 44.0 Å². The van der Waals surface area contributed by atoms with Crippen molar-refractivity contribution in [2.45, 2.75) is 31.2 Å². The summed E-state index contributed by atoms with van der Waals surface area (Å²) in [5.74, 6) is 1.58. The molecule has 1 atom stereocenters. The number of rotatable bonds is 3. The van der Waals surface area contributed by atoms with Crippen molar-refractivity contribution in [2.75, 3.05) is 24.6 Å². The summed E-state index contributed by atoms with van der Waals surface area (Å²) in [4.78, 5) is 3.32. The molecule has 2 aliphatic rings. The van der Waals surface area contributed by atoms with Crippen LogP contribution in [0.5, 0.6) is 0 Å². The molecule has 0 amide bonds. The Balaban J connectivity index is 2.16. The molecule has 0 saturated carbocycles. The average molecular weight is 339 g/mol. The zero-order chi connectivity index (χ0) is 15.7. The van der Waals surface area contributed by atoms with Crippen LogP contribution < -0.4 is 0 Å². The van der Waals surface area contributed by atoms with Gasteiger partial charge in [0, 0.05) is 16.2 Å². The Labute approximate surface area is 136 Å². The zero-order valence-electron chi connectivity index (χ0n) is 12.9. The highest BCUT2D eigenvalue weighted by atomic mass is 32.2. The fourth-order valence-corrected chi connectivity index (χ4v) is 5.55. The van der Waals surface area contributed by atoms with Gasteiger partial charge in [-0.15, -0.1) is 11.8 Å². The van der Waals surface area contributed by atoms with Crippen molar-refractivity contribution in [3.05, 3.63) is 35.4 Å². The van der Waals surface area contributed by atoms with Gasteiger partial charge < -0.3 is 4.18 Å². The van der Waals surface area contributed by atoms with Crippen LogP contribution in [0.1, 0.15) is 25.8 Å². The van der Waals surface area contributed by atoms with E-state index in [0.29, 0.717) is 5.76 Å². The van der Waals surface area contributed by atoms with Gasteiger partial charge in [0.15, 0.2) is 5.76 Å². The molecule has 0 spiro atoms. The van der Waals surface area contributed by atoms with Gasteiger partial charge >= 0.3 is 10.1 Å². The molecule has 0 aromatic heterocycles. The highest BCUT2D eigenvalue weighted by Crippen LogP contribution is 2.41. The first-order valence-corrected chi connectivity index (χ1v) is 10.2. The summed E-state index contributed by atoms with van der Waals surface area (Å²) in [5.41, 5.74) is 2.05. The number of hydrogen-bond acceptors (Lipinski definition) is 5. The molecule has 0 bridgehead atoms. The zero-order valence-corrected chi connectivity index (χ0v) is 14.5. The maximum atomic E-state index is 12.3. The number of benzene rings is 1. The molecule has 0 aliphatic carbocycles. The predicted molar refractivity (Wildman–Crippen MR) is 90.3 cm³/mol. The second kappa shape index (κ2) is 6.26. The Morgan fingerprint density at radius 3 is 2.73 bits per heavy atom. The van der Waals surface area contributed by atoms with Crippen molar-refractivity contribution >= 4 is 27.6 Å². The average Bonchev–Trinajstić information content (AvgIpc) is 2.67. The molecule has 1 aromatic carbocycles. The van der Waals surface area contributed by atoms with Crippen molar-refractivity contribution in [3.8, 4) is 0 Å². The molecular weight excluding hydrogens is 318 g/mol. The fraction of sp³-hybridized carbons (Fsp3) is 0.500. The van der Waals surface area contributed by atoms with Crippen molar-refractivity contribution in [3.63, 3.8) is 0 Å². The van der Waals surface area contributed by atoms with Crippen molar-refractivity contribution in [1.82, 2.24) is 4.90 Å². The van der Waals surface area contributed by atoms with E-state index in [9.17, 15) is 8.42 Å². The second-order valence-electron chi connectivity index (χ2n) is 5.49. The maximum absolute atomic E-state index is 12.3. The van der Waals surface area contributed by atoms with Gasteiger partial charge in [0.05, 0.1) is 6.04 Å². The minimum atomic E-state index is -3.54. The van der Waals surface area contributed by atoms with E-state index in [0.717, 1.165) is 41.3 Å². The third kappa shape index (κ3) is 2.92. The molecule has 2 aliphatic heterocycles. The lowest BCUT2D eigenvalue weighted by Crippen LogP contribution is -2.44. The SMILES string of the molecule is CCN(CC)C1CS(=O)(=O)OC2=C1CCSc1ccccc12. The maximum Gasteiger partial charge on any atom is 0.311 e. The van der Waals surface area contributed by atoms with Crippen LogP contribution in [0.3, 0.4) is 0 Å². The van der Waals surface area contributed by atoms with Crippen LogP contribution in [0.2, 0.25) is 0 Å². The molecule has 0 fully saturated rings. The molecule has 22 heavy (non-hydrogen) atoms. The molecule has 2 heterocycles. The number of thioether (sulfide) groups is 1. The minimum absolute atomic E-state index is 0.0559. The Bertz CT molecular complexity index is 693. The van der Waals surface area contributed by atoms with E-state index >= 15 is 0 Å². The van der Waals surface area contributed by atoms with Crippen molar-refractivity contribution < 1.29 is 12.6 Å². The Morgan fingerprint density at radius 2 is 2.00 bits per heavy atom. The fourth-order valence-electron chi connectivity index (χ4n) is 3.20. The van der Waals surface area contributed by atoms with Crippen LogP contribution in [-0.2, 0) is 14.3 Å². The first kappa shape index (κ1) is 15.9. The highest BCUT2D eigenvalue weighted by Gasteiger charge is 2.38. The summed E-state index contributed by atoms with van der Waals surface area (Å²) >= 11 is 1.77. The summed E-state index contributed by atoms with van der Waals surface area (Å²) in [6.45, 7) is 5.82. The van der Waals surface area contributed by atoms with Gasteiger partial charge in [-0.3, -0.25) is 4.90 Å². The molecule has 1 unspecified atom stereocenters. The van der Waals surface area contributed by atoms with E-state index in [1.54, 1.807) is 11.8 Å². The summed E-state index contributed by atoms with van der Waals surface area (Å²) in [5, 5.41) is 0. The second-order valence-corrected chi connectivity index (χ2v) is 8.25. The molecular formula is C16H21NO3S2. The van der Waals surface area contributed by atoms with E-state index in [4.69, 9.17) is 4.18 Å². The first-order valence-electron chi connectivity index (χ1n) is 7.67. The molecule has 0 radical (unpaired) electrons. The van der Waals surface area contributed by atoms with Gasteiger partial charge in [0.2, 0.25) is 0 Å². The first-order chi connectivity index (χ1) is 10.6. The van der Waals surface area contributed by atoms with E-state index < -0.39 is 10.1 Å². The molecule has 0 N–H and O–H groups in total. The van der Waals surface area contributed by atoms with Gasteiger partial charge in [0.1, 0.15) is 5.75 Å². The van der Waals surface area contributed by atoms with Gasteiger partial charge in [-0.2, -0.15) is 8.42 Å².